The number of rotatable bonds is 9. The Hall–Kier alpha value is -2.29. The van der Waals surface area contributed by atoms with E-state index in [0.717, 1.165) is 31.0 Å². The molecule has 1 aliphatic heterocycles. The van der Waals surface area contributed by atoms with E-state index in [9.17, 15) is 18.0 Å². The first-order valence-electron chi connectivity index (χ1n) is 10.9. The second kappa shape index (κ2) is 11.9. The lowest BCUT2D eigenvalue weighted by Gasteiger charge is -2.26. The van der Waals surface area contributed by atoms with Gasteiger partial charge in [-0.25, -0.2) is 0 Å². The summed E-state index contributed by atoms with van der Waals surface area (Å²) < 4.78 is 38.2. The molecule has 1 unspecified atom stereocenters. The average Bonchev–Trinajstić information content (AvgIpc) is 3.19. The molecule has 31 heavy (non-hydrogen) atoms. The molecule has 1 aromatic rings. The summed E-state index contributed by atoms with van der Waals surface area (Å²) in [4.78, 5) is 20.1. The summed E-state index contributed by atoms with van der Waals surface area (Å²) in [5.74, 6) is 0.871. The van der Waals surface area contributed by atoms with E-state index in [1.807, 2.05) is 25.1 Å². The highest BCUT2D eigenvalue weighted by molar-refractivity contribution is 5.94. The zero-order valence-corrected chi connectivity index (χ0v) is 18.6. The van der Waals surface area contributed by atoms with Gasteiger partial charge in [-0.2, -0.15) is 13.2 Å². The molecule has 6 nitrogen and oxygen atoms in total. The van der Waals surface area contributed by atoms with Gasteiger partial charge in [-0.15, -0.1) is 0 Å². The van der Waals surface area contributed by atoms with Crippen LogP contribution in [0.25, 0.3) is 0 Å². The monoisotopic (exact) mass is 441 g/mol. The number of aliphatic imine (C=N–C) groups is 1. The Morgan fingerprint density at radius 3 is 2.74 bits per heavy atom. The Kier molecular flexibility index (Phi) is 9.61. The lowest BCUT2D eigenvalue weighted by atomic mass is 10.1. The Labute approximate surface area is 182 Å². The van der Waals surface area contributed by atoms with Crippen LogP contribution in [0.15, 0.2) is 29.3 Å². The highest BCUT2D eigenvalue weighted by Gasteiger charge is 2.33. The van der Waals surface area contributed by atoms with Gasteiger partial charge >= 0.3 is 6.18 Å². The van der Waals surface area contributed by atoms with E-state index < -0.39 is 12.7 Å². The van der Waals surface area contributed by atoms with Crippen molar-refractivity contribution in [3.8, 4) is 0 Å². The molecular weight excluding hydrogens is 407 g/mol. The summed E-state index contributed by atoms with van der Waals surface area (Å²) in [5, 5.41) is 5.92. The molecule has 9 heteroatoms. The number of guanidine groups is 1. The van der Waals surface area contributed by atoms with E-state index >= 15 is 0 Å². The quantitative estimate of drug-likeness (QED) is 0.457. The zero-order valence-electron chi connectivity index (χ0n) is 18.6. The molecule has 1 aliphatic rings. The summed E-state index contributed by atoms with van der Waals surface area (Å²) >= 11 is 0. The van der Waals surface area contributed by atoms with Gasteiger partial charge in [0, 0.05) is 45.3 Å². The topological polar surface area (TPSA) is 60.0 Å². The first-order valence-corrected chi connectivity index (χ1v) is 10.9. The predicted octanol–water partition coefficient (Wildman–Crippen LogP) is 2.76. The number of benzene rings is 1. The first-order chi connectivity index (χ1) is 14.8. The molecular formula is C22H34F3N5O. The second-order valence-electron chi connectivity index (χ2n) is 7.81. The minimum absolute atomic E-state index is 0.117. The van der Waals surface area contributed by atoms with E-state index in [4.69, 9.17) is 4.99 Å². The number of halogens is 3. The largest absolute Gasteiger partial charge is 0.401 e. The second-order valence-corrected chi connectivity index (χ2v) is 7.81. The molecule has 0 aliphatic carbocycles. The van der Waals surface area contributed by atoms with Crippen molar-refractivity contribution in [1.82, 2.24) is 20.4 Å². The van der Waals surface area contributed by atoms with Crippen LogP contribution >= 0.6 is 0 Å². The zero-order chi connectivity index (χ0) is 22.9. The smallest absolute Gasteiger partial charge is 0.357 e. The number of likely N-dealkylation sites (tertiary alicyclic amines) is 1. The van der Waals surface area contributed by atoms with Gasteiger partial charge in [0.2, 0.25) is 0 Å². The standard InChI is InChI=1S/C22H34F3N5O/c1-4-27-21(28-11-9-17-7-6-8-19(13-17)20(31)26-3)30-12-10-18(15-30)14-29(5-2)16-22(23,24)25/h6-8,13,18H,4-5,9-12,14-16H2,1-3H3,(H,26,31)(H,27,28). The van der Waals surface area contributed by atoms with Crippen LogP contribution in [0.2, 0.25) is 0 Å². The van der Waals surface area contributed by atoms with Crippen molar-refractivity contribution < 1.29 is 18.0 Å². The van der Waals surface area contributed by atoms with E-state index in [-0.39, 0.29) is 11.8 Å². The van der Waals surface area contributed by atoms with Crippen molar-refractivity contribution in [2.45, 2.75) is 32.9 Å². The van der Waals surface area contributed by atoms with Gasteiger partial charge in [0.25, 0.3) is 5.91 Å². The first kappa shape index (κ1) is 25.0. The summed E-state index contributed by atoms with van der Waals surface area (Å²) in [6, 6.07) is 7.48. The van der Waals surface area contributed by atoms with Gasteiger partial charge in [-0.3, -0.25) is 14.7 Å². The molecule has 2 rings (SSSR count). The third-order valence-corrected chi connectivity index (χ3v) is 5.37. The number of carbonyl (C=O) groups excluding carboxylic acids is 1. The van der Waals surface area contributed by atoms with Crippen molar-refractivity contribution in [2.24, 2.45) is 10.9 Å². The number of hydrogen-bond acceptors (Lipinski definition) is 3. The lowest BCUT2D eigenvalue weighted by molar-refractivity contribution is -0.146. The Morgan fingerprint density at radius 1 is 1.32 bits per heavy atom. The van der Waals surface area contributed by atoms with Crippen LogP contribution < -0.4 is 10.6 Å². The predicted molar refractivity (Wildman–Crippen MR) is 117 cm³/mol. The molecule has 1 fully saturated rings. The van der Waals surface area contributed by atoms with Crippen LogP contribution in [0, 0.1) is 5.92 Å². The van der Waals surface area contributed by atoms with Crippen molar-refractivity contribution in [1.29, 1.82) is 0 Å². The molecule has 1 aromatic carbocycles. The minimum atomic E-state index is -4.17. The van der Waals surface area contributed by atoms with Gasteiger partial charge in [0.05, 0.1) is 6.54 Å². The Balaban J connectivity index is 1.93. The molecule has 0 saturated carbocycles. The molecule has 174 valence electrons. The maximum atomic E-state index is 12.7. The number of nitrogens with zero attached hydrogens (tertiary/aromatic N) is 3. The van der Waals surface area contributed by atoms with Gasteiger partial charge < -0.3 is 15.5 Å². The average molecular weight is 442 g/mol. The molecule has 1 atom stereocenters. The highest BCUT2D eigenvalue weighted by atomic mass is 19.4. The van der Waals surface area contributed by atoms with E-state index in [1.54, 1.807) is 20.0 Å². The highest BCUT2D eigenvalue weighted by Crippen LogP contribution is 2.21. The number of amides is 1. The van der Waals surface area contributed by atoms with Gasteiger partial charge in [-0.05, 0) is 49.9 Å². The molecule has 1 heterocycles. The van der Waals surface area contributed by atoms with Crippen molar-refractivity contribution in [3.05, 3.63) is 35.4 Å². The number of alkyl halides is 3. The van der Waals surface area contributed by atoms with Crippen molar-refractivity contribution in [3.63, 3.8) is 0 Å². The van der Waals surface area contributed by atoms with Gasteiger partial charge in [0.15, 0.2) is 5.96 Å². The van der Waals surface area contributed by atoms with Crippen molar-refractivity contribution >= 4 is 11.9 Å². The Morgan fingerprint density at radius 2 is 2.10 bits per heavy atom. The SMILES string of the molecule is CCNC(=NCCc1cccc(C(=O)NC)c1)N1CCC(CN(CC)CC(F)(F)F)C1. The van der Waals surface area contributed by atoms with Crippen LogP contribution in [0.5, 0.6) is 0 Å². The Bertz CT molecular complexity index is 738. The molecule has 1 saturated heterocycles. The lowest BCUT2D eigenvalue weighted by Crippen LogP contribution is -2.42. The molecule has 2 N–H and O–H groups in total. The van der Waals surface area contributed by atoms with Crippen molar-refractivity contribution in [2.75, 3.05) is 52.9 Å². The van der Waals surface area contributed by atoms with Crippen LogP contribution in [0.4, 0.5) is 13.2 Å². The fourth-order valence-corrected chi connectivity index (χ4v) is 3.83. The number of hydrogen-bond donors (Lipinski definition) is 2. The molecule has 0 bridgehead atoms. The van der Waals surface area contributed by atoms with Crippen LogP contribution in [-0.2, 0) is 6.42 Å². The van der Waals surface area contributed by atoms with Crippen LogP contribution in [0.1, 0.15) is 36.2 Å². The van der Waals surface area contributed by atoms with E-state index in [1.165, 1.54) is 4.90 Å². The van der Waals surface area contributed by atoms with Gasteiger partial charge in [0.1, 0.15) is 0 Å². The number of nitrogens with one attached hydrogen (secondary N) is 2. The maximum Gasteiger partial charge on any atom is 0.401 e. The maximum absolute atomic E-state index is 12.7. The third kappa shape index (κ3) is 8.40. The van der Waals surface area contributed by atoms with E-state index in [2.05, 4.69) is 15.5 Å². The van der Waals surface area contributed by atoms with Crippen LogP contribution in [-0.4, -0.2) is 80.7 Å². The molecule has 1 amide bonds. The fraction of sp³-hybridized carbons (Fsp3) is 0.636. The molecule has 0 spiro atoms. The fourth-order valence-electron chi connectivity index (χ4n) is 3.83. The minimum Gasteiger partial charge on any atom is -0.357 e. The summed E-state index contributed by atoms with van der Waals surface area (Å²) in [7, 11) is 1.61. The summed E-state index contributed by atoms with van der Waals surface area (Å²) in [6.07, 6.45) is -2.61. The van der Waals surface area contributed by atoms with Crippen LogP contribution in [0.3, 0.4) is 0 Å². The third-order valence-electron chi connectivity index (χ3n) is 5.37. The normalized spacial score (nSPS) is 17.3. The molecule has 0 radical (unpaired) electrons. The van der Waals surface area contributed by atoms with E-state index in [0.29, 0.717) is 38.2 Å². The van der Waals surface area contributed by atoms with Gasteiger partial charge in [-0.1, -0.05) is 19.1 Å². The number of carbonyl (C=O) groups is 1. The summed E-state index contributed by atoms with van der Waals surface area (Å²) in [6.45, 7) is 6.51. The summed E-state index contributed by atoms with van der Waals surface area (Å²) in [5.41, 5.74) is 1.66. The molecule has 0 aromatic heterocycles.